The van der Waals surface area contributed by atoms with Gasteiger partial charge in [-0.3, -0.25) is 14.5 Å². The first-order valence-corrected chi connectivity index (χ1v) is 11.3. The van der Waals surface area contributed by atoms with E-state index in [4.69, 9.17) is 25.5 Å². The Bertz CT molecular complexity index is 1260. The molecule has 8 heteroatoms. The van der Waals surface area contributed by atoms with Crippen molar-refractivity contribution in [2.75, 3.05) is 18.1 Å². The van der Waals surface area contributed by atoms with Crippen LogP contribution >= 0.6 is 11.6 Å². The molecule has 0 bridgehead atoms. The summed E-state index contributed by atoms with van der Waals surface area (Å²) in [5.74, 6) is -0.793. The van der Waals surface area contributed by atoms with Gasteiger partial charge in [0, 0.05) is 16.8 Å². The summed E-state index contributed by atoms with van der Waals surface area (Å²) in [6.45, 7) is 6.26. The number of ether oxygens (including phenoxy) is 2. The minimum absolute atomic E-state index is 0.107. The highest BCUT2D eigenvalue weighted by molar-refractivity contribution is 6.52. The lowest BCUT2D eigenvalue weighted by Gasteiger charge is -2.25. The lowest BCUT2D eigenvalue weighted by molar-refractivity contribution is -0.132. The fourth-order valence-electron chi connectivity index (χ4n) is 4.01. The standard InChI is InChI=1S/C26H24ClNO6/c1-4-32-17-10-11-18(21(14-17)33-5-2)24(29)22-23(20-7-6-12-34-20)28(26(31)25(22)30)19-13-16(27)9-8-15(19)3/h6-14,23,29H,4-5H2,1-3H3/b24-22-. The van der Waals surface area contributed by atoms with Crippen LogP contribution < -0.4 is 14.4 Å². The number of aryl methyl sites for hydroxylation is 1. The van der Waals surface area contributed by atoms with Gasteiger partial charge in [0.05, 0.1) is 30.6 Å². The second-order valence-corrected chi connectivity index (χ2v) is 8.08. The van der Waals surface area contributed by atoms with Crippen LogP contribution in [0.5, 0.6) is 11.5 Å². The fraction of sp³-hybridized carbons (Fsp3) is 0.231. The molecule has 0 saturated carbocycles. The van der Waals surface area contributed by atoms with Crippen molar-refractivity contribution in [1.82, 2.24) is 0 Å². The monoisotopic (exact) mass is 481 g/mol. The lowest BCUT2D eigenvalue weighted by atomic mass is 9.98. The number of hydrogen-bond acceptors (Lipinski definition) is 6. The van der Waals surface area contributed by atoms with E-state index >= 15 is 0 Å². The molecule has 4 rings (SSSR count). The second kappa shape index (κ2) is 9.65. The number of ketones is 1. The highest BCUT2D eigenvalue weighted by Crippen LogP contribution is 2.45. The number of furan rings is 1. The van der Waals surface area contributed by atoms with Crippen LogP contribution in [0.1, 0.15) is 36.8 Å². The zero-order chi connectivity index (χ0) is 24.4. The molecule has 0 aliphatic carbocycles. The van der Waals surface area contributed by atoms with E-state index in [9.17, 15) is 14.7 Å². The average molecular weight is 482 g/mol. The van der Waals surface area contributed by atoms with Crippen LogP contribution in [0.3, 0.4) is 0 Å². The van der Waals surface area contributed by atoms with Crippen molar-refractivity contribution in [2.24, 2.45) is 0 Å². The van der Waals surface area contributed by atoms with Crippen LogP contribution in [0, 0.1) is 6.92 Å². The number of aliphatic hydroxyl groups excluding tert-OH is 1. The number of Topliss-reactive ketones (excluding diaryl/α,β-unsaturated/α-hetero) is 1. The van der Waals surface area contributed by atoms with Gasteiger partial charge in [0.25, 0.3) is 11.7 Å². The molecule has 1 fully saturated rings. The second-order valence-electron chi connectivity index (χ2n) is 7.64. The molecule has 0 spiro atoms. The Morgan fingerprint density at radius 1 is 1.09 bits per heavy atom. The third-order valence-electron chi connectivity index (χ3n) is 5.51. The van der Waals surface area contributed by atoms with Crippen molar-refractivity contribution < 1.29 is 28.6 Å². The van der Waals surface area contributed by atoms with E-state index in [1.165, 1.54) is 11.2 Å². The van der Waals surface area contributed by atoms with Crippen LogP contribution in [0.4, 0.5) is 5.69 Å². The van der Waals surface area contributed by atoms with Crippen molar-refractivity contribution in [1.29, 1.82) is 0 Å². The van der Waals surface area contributed by atoms with Gasteiger partial charge in [-0.15, -0.1) is 0 Å². The normalized spacial score (nSPS) is 17.3. The van der Waals surface area contributed by atoms with E-state index in [1.54, 1.807) is 55.5 Å². The number of nitrogens with zero attached hydrogens (tertiary/aromatic N) is 1. The fourth-order valence-corrected chi connectivity index (χ4v) is 4.18. The number of anilines is 1. The Hall–Kier alpha value is -3.71. The average Bonchev–Trinajstić information content (AvgIpc) is 3.43. The first-order chi connectivity index (χ1) is 16.4. The summed E-state index contributed by atoms with van der Waals surface area (Å²) in [6.07, 6.45) is 1.45. The Balaban J connectivity index is 1.94. The van der Waals surface area contributed by atoms with Crippen LogP contribution in [0.15, 0.2) is 64.8 Å². The predicted molar refractivity (Wildman–Crippen MR) is 128 cm³/mol. The highest BCUT2D eigenvalue weighted by Gasteiger charge is 2.49. The minimum atomic E-state index is -0.992. The molecule has 1 aliphatic heterocycles. The van der Waals surface area contributed by atoms with E-state index < -0.39 is 17.7 Å². The zero-order valence-electron chi connectivity index (χ0n) is 19.0. The molecule has 34 heavy (non-hydrogen) atoms. The van der Waals surface area contributed by atoms with Gasteiger partial charge in [0.15, 0.2) is 0 Å². The molecule has 1 saturated heterocycles. The zero-order valence-corrected chi connectivity index (χ0v) is 19.8. The topological polar surface area (TPSA) is 89.2 Å². The quantitative estimate of drug-likeness (QED) is 0.266. The summed E-state index contributed by atoms with van der Waals surface area (Å²) in [6, 6.07) is 12.3. The Morgan fingerprint density at radius 2 is 1.85 bits per heavy atom. The number of carbonyl (C=O) groups excluding carboxylic acids is 2. The molecule has 2 heterocycles. The highest BCUT2D eigenvalue weighted by atomic mass is 35.5. The number of halogens is 1. The summed E-state index contributed by atoms with van der Waals surface area (Å²) < 4.78 is 16.9. The van der Waals surface area contributed by atoms with Gasteiger partial charge in [0.2, 0.25) is 0 Å². The van der Waals surface area contributed by atoms with E-state index in [0.717, 1.165) is 5.56 Å². The van der Waals surface area contributed by atoms with Crippen molar-refractivity contribution in [3.8, 4) is 11.5 Å². The molecule has 1 atom stereocenters. The summed E-state index contributed by atoms with van der Waals surface area (Å²) in [4.78, 5) is 27.9. The molecule has 1 unspecified atom stereocenters. The Morgan fingerprint density at radius 3 is 2.53 bits per heavy atom. The van der Waals surface area contributed by atoms with Gasteiger partial charge < -0.3 is 19.0 Å². The van der Waals surface area contributed by atoms with E-state index in [2.05, 4.69) is 0 Å². The molecule has 0 radical (unpaired) electrons. The van der Waals surface area contributed by atoms with Crippen molar-refractivity contribution in [3.05, 3.63) is 82.3 Å². The smallest absolute Gasteiger partial charge is 0.300 e. The van der Waals surface area contributed by atoms with Gasteiger partial charge in [-0.05, 0) is 62.7 Å². The van der Waals surface area contributed by atoms with Crippen LogP contribution in [-0.4, -0.2) is 30.0 Å². The molecular weight excluding hydrogens is 458 g/mol. The van der Waals surface area contributed by atoms with Gasteiger partial charge in [-0.25, -0.2) is 0 Å². The van der Waals surface area contributed by atoms with Gasteiger partial charge in [0.1, 0.15) is 29.1 Å². The summed E-state index contributed by atoms with van der Waals surface area (Å²) in [7, 11) is 0. The number of rotatable bonds is 7. The molecule has 1 aromatic heterocycles. The number of benzene rings is 2. The van der Waals surface area contributed by atoms with E-state index in [0.29, 0.717) is 41.2 Å². The summed E-state index contributed by atoms with van der Waals surface area (Å²) in [5, 5.41) is 11.8. The number of hydrogen-bond donors (Lipinski definition) is 1. The van der Waals surface area contributed by atoms with Gasteiger partial charge in [-0.1, -0.05) is 17.7 Å². The maximum atomic E-state index is 13.3. The molecular formula is C26H24ClNO6. The molecule has 3 aromatic rings. The maximum Gasteiger partial charge on any atom is 0.300 e. The van der Waals surface area contributed by atoms with Crippen molar-refractivity contribution in [3.63, 3.8) is 0 Å². The molecule has 1 amide bonds. The Labute approximate surface area is 202 Å². The minimum Gasteiger partial charge on any atom is -0.507 e. The molecule has 176 valence electrons. The molecule has 2 aromatic carbocycles. The summed E-state index contributed by atoms with van der Waals surface area (Å²) >= 11 is 6.21. The van der Waals surface area contributed by atoms with E-state index in [-0.39, 0.29) is 16.9 Å². The number of carbonyl (C=O) groups is 2. The SMILES string of the molecule is CCOc1ccc(/C(O)=C2/C(=O)C(=O)N(c3cc(Cl)ccc3C)C2c2ccco2)c(OCC)c1. The first-order valence-electron chi connectivity index (χ1n) is 10.9. The van der Waals surface area contributed by atoms with Crippen molar-refractivity contribution >= 4 is 34.7 Å². The van der Waals surface area contributed by atoms with Gasteiger partial charge in [-0.2, -0.15) is 0 Å². The largest absolute Gasteiger partial charge is 0.507 e. The van der Waals surface area contributed by atoms with Crippen LogP contribution in [0.25, 0.3) is 5.76 Å². The lowest BCUT2D eigenvalue weighted by Crippen LogP contribution is -2.30. The van der Waals surface area contributed by atoms with Crippen LogP contribution in [0.2, 0.25) is 5.02 Å². The first kappa shape index (κ1) is 23.4. The third kappa shape index (κ3) is 4.15. The van der Waals surface area contributed by atoms with Gasteiger partial charge >= 0.3 is 0 Å². The van der Waals surface area contributed by atoms with Crippen molar-refractivity contribution in [2.45, 2.75) is 26.8 Å². The molecule has 1 aliphatic rings. The molecule has 1 N–H and O–H groups in total. The number of amides is 1. The molecule has 7 nitrogen and oxygen atoms in total. The third-order valence-corrected chi connectivity index (χ3v) is 5.74. The number of aliphatic hydroxyl groups is 1. The summed E-state index contributed by atoms with van der Waals surface area (Å²) in [5.41, 5.74) is 1.35. The van der Waals surface area contributed by atoms with E-state index in [1.807, 2.05) is 13.8 Å². The van der Waals surface area contributed by atoms with Crippen LogP contribution in [-0.2, 0) is 9.59 Å². The Kier molecular flexibility index (Phi) is 6.65. The maximum absolute atomic E-state index is 13.3. The predicted octanol–water partition coefficient (Wildman–Crippen LogP) is 5.67.